The number of halogens is 3. The lowest BCUT2D eigenvalue weighted by Gasteiger charge is -2.23. The lowest BCUT2D eigenvalue weighted by molar-refractivity contribution is -0.154. The van der Waals surface area contributed by atoms with E-state index >= 15 is 0 Å². The summed E-state index contributed by atoms with van der Waals surface area (Å²) in [7, 11) is 0. The number of fused-ring (bicyclic) bond motifs is 1. The number of aliphatic imine (C=N–C) groups is 1. The number of nitrogens with one attached hydrogen (secondary N) is 1. The van der Waals surface area contributed by atoms with Crippen LogP contribution in [0, 0.1) is 5.41 Å². The van der Waals surface area contributed by atoms with Gasteiger partial charge in [0.15, 0.2) is 6.17 Å². The van der Waals surface area contributed by atoms with Crippen LogP contribution in [0.25, 0.3) is 22.0 Å². The minimum Gasteiger partial charge on any atom is -0.466 e. The maximum atomic E-state index is 13.8. The van der Waals surface area contributed by atoms with Crippen molar-refractivity contribution in [2.45, 2.75) is 39.7 Å². The highest BCUT2D eigenvalue weighted by atomic mass is 32.1. The van der Waals surface area contributed by atoms with Crippen LogP contribution in [0.4, 0.5) is 13.2 Å². The number of carbonyl (C=O) groups excluding carboxylic acids is 1. The first-order valence-corrected chi connectivity index (χ1v) is 12.9. The molecule has 0 saturated heterocycles. The second kappa shape index (κ2) is 9.92. The third-order valence-corrected chi connectivity index (χ3v) is 7.47. The normalized spacial score (nSPS) is 15.9. The van der Waals surface area contributed by atoms with Gasteiger partial charge < -0.3 is 14.1 Å². The predicted octanol–water partition coefficient (Wildman–Crippen LogP) is 6.96. The summed E-state index contributed by atoms with van der Waals surface area (Å²) >= 11 is 0.611. The molecule has 0 spiro atoms. The lowest BCUT2D eigenvalue weighted by Crippen LogP contribution is -2.31. The minimum atomic E-state index is -4.50. The zero-order valence-electron chi connectivity index (χ0n) is 21.0. The number of hydroxylamine groups is 1. The highest BCUT2D eigenvalue weighted by Crippen LogP contribution is 2.43. The molecule has 4 aromatic rings. The number of aromatic nitrogens is 1. The second-order valence-electron chi connectivity index (χ2n) is 9.64. The summed E-state index contributed by atoms with van der Waals surface area (Å²) in [5, 5.41) is 0.939. The molecule has 1 atom stereocenters. The monoisotopic (exact) mass is 541 g/mol. The SMILES string of the molecule is CCOC(=O)C(C)(C)Cn1ccc2cc(C3N=C(c4cc(-c5ccccc5)c(C(F)(F)F)s4)ON3)ccc21. The van der Waals surface area contributed by atoms with Crippen LogP contribution in [0.15, 0.2) is 71.9 Å². The van der Waals surface area contributed by atoms with Gasteiger partial charge in [0.25, 0.3) is 5.90 Å². The molecule has 3 heterocycles. The lowest BCUT2D eigenvalue weighted by atomic mass is 9.93. The maximum absolute atomic E-state index is 13.8. The van der Waals surface area contributed by atoms with Crippen LogP contribution in [-0.4, -0.2) is 23.0 Å². The van der Waals surface area contributed by atoms with Crippen LogP contribution >= 0.6 is 11.3 Å². The number of hydrogen-bond acceptors (Lipinski definition) is 6. The highest BCUT2D eigenvalue weighted by Gasteiger charge is 2.38. The number of hydrogen-bond donors (Lipinski definition) is 1. The van der Waals surface area contributed by atoms with Crippen molar-refractivity contribution in [3.05, 3.63) is 82.2 Å². The van der Waals surface area contributed by atoms with E-state index in [2.05, 4.69) is 10.5 Å². The molecular weight excluding hydrogens is 515 g/mol. The standard InChI is InChI=1S/C28H26F3N3O3S/c1-4-36-26(35)27(2,3)16-34-13-12-18-14-19(10-11-21(18)34)24-32-25(37-33-24)22-15-20(17-8-6-5-7-9-17)23(38-22)28(29,30)31/h5-15,24,33H,4,16H2,1-3H3. The van der Waals surface area contributed by atoms with Crippen molar-refractivity contribution in [2.75, 3.05) is 6.61 Å². The molecule has 38 heavy (non-hydrogen) atoms. The van der Waals surface area contributed by atoms with Crippen molar-refractivity contribution in [2.24, 2.45) is 10.4 Å². The second-order valence-corrected chi connectivity index (χ2v) is 10.7. The first kappa shape index (κ1) is 26.0. The summed E-state index contributed by atoms with van der Waals surface area (Å²) in [6.07, 6.45) is -3.16. The van der Waals surface area contributed by atoms with Crippen LogP contribution in [-0.2, 0) is 27.1 Å². The van der Waals surface area contributed by atoms with Crippen molar-refractivity contribution < 1.29 is 27.5 Å². The van der Waals surface area contributed by atoms with Crippen molar-refractivity contribution >= 4 is 34.1 Å². The molecule has 0 bridgehead atoms. The number of rotatable bonds is 7. The Bertz CT molecular complexity index is 1510. The molecule has 1 unspecified atom stereocenters. The first-order chi connectivity index (χ1) is 18.1. The Morgan fingerprint density at radius 3 is 2.61 bits per heavy atom. The van der Waals surface area contributed by atoms with Crippen molar-refractivity contribution in [3.63, 3.8) is 0 Å². The minimum absolute atomic E-state index is 0.0985. The summed E-state index contributed by atoms with van der Waals surface area (Å²) in [6.45, 7) is 6.25. The van der Waals surface area contributed by atoms with E-state index in [1.165, 1.54) is 6.07 Å². The van der Waals surface area contributed by atoms with Gasteiger partial charge in [-0.05, 0) is 61.5 Å². The molecule has 5 rings (SSSR count). The van der Waals surface area contributed by atoms with Gasteiger partial charge in [-0.3, -0.25) is 4.79 Å². The Balaban J connectivity index is 1.41. The van der Waals surface area contributed by atoms with Gasteiger partial charge in [-0.1, -0.05) is 36.4 Å². The molecule has 1 aliphatic heterocycles. The molecule has 0 amide bonds. The smallest absolute Gasteiger partial charge is 0.426 e. The largest absolute Gasteiger partial charge is 0.466 e. The Morgan fingerprint density at radius 1 is 1.13 bits per heavy atom. The molecule has 0 aliphatic carbocycles. The van der Waals surface area contributed by atoms with Crippen LogP contribution in [0.1, 0.15) is 42.3 Å². The van der Waals surface area contributed by atoms with Crippen molar-refractivity contribution in [3.8, 4) is 11.1 Å². The molecule has 2 aromatic heterocycles. The quantitative estimate of drug-likeness (QED) is 0.257. The Hall–Kier alpha value is -3.63. The molecule has 0 radical (unpaired) electrons. The van der Waals surface area contributed by atoms with E-state index in [1.54, 1.807) is 37.3 Å². The van der Waals surface area contributed by atoms with E-state index in [4.69, 9.17) is 9.57 Å². The summed E-state index contributed by atoms with van der Waals surface area (Å²) in [6, 6.07) is 17.6. The van der Waals surface area contributed by atoms with E-state index in [9.17, 15) is 18.0 Å². The molecule has 10 heteroatoms. The average Bonchev–Trinajstić information content (AvgIpc) is 3.62. The van der Waals surface area contributed by atoms with E-state index in [0.717, 1.165) is 16.5 Å². The Kier molecular flexibility index (Phi) is 6.79. The number of esters is 1. The number of alkyl halides is 3. The summed E-state index contributed by atoms with van der Waals surface area (Å²) in [5.41, 5.74) is 4.44. The number of thiophene rings is 1. The van der Waals surface area contributed by atoms with Gasteiger partial charge in [0.1, 0.15) is 4.88 Å². The van der Waals surface area contributed by atoms with Gasteiger partial charge >= 0.3 is 12.1 Å². The molecular formula is C28H26F3N3O3S. The van der Waals surface area contributed by atoms with Gasteiger partial charge in [0.2, 0.25) is 0 Å². The zero-order chi connectivity index (χ0) is 27.1. The zero-order valence-corrected chi connectivity index (χ0v) is 21.8. The first-order valence-electron chi connectivity index (χ1n) is 12.1. The molecule has 1 N–H and O–H groups in total. The van der Waals surface area contributed by atoms with E-state index < -0.39 is 22.6 Å². The summed E-state index contributed by atoms with van der Waals surface area (Å²) < 4.78 is 48.6. The third-order valence-electron chi connectivity index (χ3n) is 6.30. The van der Waals surface area contributed by atoms with Crippen LogP contribution in [0.2, 0.25) is 0 Å². The number of benzene rings is 2. The highest BCUT2D eigenvalue weighted by molar-refractivity contribution is 7.14. The van der Waals surface area contributed by atoms with Crippen molar-refractivity contribution in [1.82, 2.24) is 10.0 Å². The van der Waals surface area contributed by atoms with Crippen LogP contribution in [0.5, 0.6) is 0 Å². The number of ether oxygens (including phenoxy) is 1. The van der Waals surface area contributed by atoms with E-state index in [-0.39, 0.29) is 17.4 Å². The molecule has 0 saturated carbocycles. The fourth-order valence-electron chi connectivity index (χ4n) is 4.42. The van der Waals surface area contributed by atoms with Crippen molar-refractivity contribution in [1.29, 1.82) is 0 Å². The topological polar surface area (TPSA) is 64.9 Å². The summed E-state index contributed by atoms with van der Waals surface area (Å²) in [4.78, 5) is 22.0. The van der Waals surface area contributed by atoms with Gasteiger partial charge in [0, 0.05) is 23.8 Å². The molecule has 2 aromatic carbocycles. The maximum Gasteiger partial charge on any atom is 0.426 e. The van der Waals surface area contributed by atoms with E-state index in [0.29, 0.717) is 34.9 Å². The Morgan fingerprint density at radius 2 is 1.89 bits per heavy atom. The van der Waals surface area contributed by atoms with E-state index in [1.807, 2.05) is 48.9 Å². The van der Waals surface area contributed by atoms with Gasteiger partial charge in [-0.15, -0.1) is 16.8 Å². The number of carbonyl (C=O) groups is 1. The fourth-order valence-corrected chi connectivity index (χ4v) is 5.40. The predicted molar refractivity (Wildman–Crippen MR) is 141 cm³/mol. The van der Waals surface area contributed by atoms with Gasteiger partial charge in [-0.25, -0.2) is 4.99 Å². The van der Waals surface area contributed by atoms with Gasteiger partial charge in [0.05, 0.1) is 16.9 Å². The fraction of sp³-hybridized carbons (Fsp3) is 0.286. The molecule has 1 aliphatic rings. The van der Waals surface area contributed by atoms with Crippen LogP contribution < -0.4 is 5.48 Å². The molecule has 198 valence electrons. The molecule has 6 nitrogen and oxygen atoms in total. The van der Waals surface area contributed by atoms with Crippen LogP contribution in [0.3, 0.4) is 0 Å². The summed E-state index contributed by atoms with van der Waals surface area (Å²) in [5.74, 6) is -0.146. The van der Waals surface area contributed by atoms with Gasteiger partial charge in [-0.2, -0.15) is 13.2 Å². The molecule has 0 fully saturated rings. The Labute approximate surface area is 221 Å². The third kappa shape index (κ3) is 5.06. The average molecular weight is 542 g/mol. The number of nitrogens with zero attached hydrogens (tertiary/aromatic N) is 2.